The van der Waals surface area contributed by atoms with Crippen molar-refractivity contribution in [2.45, 2.75) is 131 Å². The van der Waals surface area contributed by atoms with Crippen molar-refractivity contribution in [2.24, 2.45) is 4.99 Å². The Bertz CT molecular complexity index is 778. The van der Waals surface area contributed by atoms with E-state index < -0.39 is 5.60 Å². The molecule has 0 aromatic rings. The number of aliphatic imine (C=N–C) groups is 1. The number of allylic oxidation sites excluding steroid dienone is 4. The SMILES string of the molecule is C=C/C(C(=C)C(=C)C)=C(/N=C)N1CCC[C@@](C)(O)C1.C=O.CC.CC.CCCC[C@]1(CC)CCC(COC)N1CC.CO. The predicted octanol–water partition coefficient (Wildman–Crippen LogP) is 8.00. The topological polar surface area (TPSA) is 85.6 Å². The van der Waals surface area contributed by atoms with Gasteiger partial charge in [-0.25, -0.2) is 4.99 Å². The summed E-state index contributed by atoms with van der Waals surface area (Å²) in [6, 6.07) is 0.659. The number of piperidine rings is 1. The second-order valence-electron chi connectivity index (χ2n) is 10.5. The molecule has 2 aliphatic rings. The Hall–Kier alpha value is -2.06. The van der Waals surface area contributed by atoms with Gasteiger partial charge in [0.25, 0.3) is 0 Å². The van der Waals surface area contributed by atoms with Gasteiger partial charge in [0.05, 0.1) is 12.2 Å². The fraction of sp³-hybridized carbons (Fsp3) is 0.722. The number of aliphatic hydroxyl groups is 2. The first-order valence-electron chi connectivity index (χ1n) is 16.2. The standard InChI is InChI=1S/C16H24N2O.C14H29NO.2C2H6.CH4O.CH2O/c1-7-14(13(4)12(2)3)15(17-6)18-10-8-9-16(5,19)11-18;1-5-8-10-14(6-2)11-9-13(12-16-4)15(14)7-3;4*1-2/h7,19H,1-2,4,6,8-11H2,3,5H3;13H,5-12H2,1-4H3;2*1-2H3;2H,1H3;1H2/b15-14+;;;;;/t16-;13?,14-;;;;/m11..../s1. The van der Waals surface area contributed by atoms with Gasteiger partial charge in [-0.15, -0.1) is 0 Å². The number of nitrogens with zero attached hydrogens (tertiary/aromatic N) is 3. The molecule has 43 heavy (non-hydrogen) atoms. The molecule has 0 amide bonds. The lowest BCUT2D eigenvalue weighted by Crippen LogP contribution is -2.48. The van der Waals surface area contributed by atoms with Gasteiger partial charge in [-0.05, 0) is 71.2 Å². The zero-order chi connectivity index (χ0) is 34.6. The summed E-state index contributed by atoms with van der Waals surface area (Å²) in [4.78, 5) is 16.9. The Morgan fingerprint density at radius 2 is 1.65 bits per heavy atom. The zero-order valence-corrected chi connectivity index (χ0v) is 30.2. The van der Waals surface area contributed by atoms with Crippen LogP contribution >= 0.6 is 0 Å². The first kappa shape index (κ1) is 47.9. The van der Waals surface area contributed by atoms with E-state index >= 15 is 0 Å². The molecule has 2 aliphatic heterocycles. The van der Waals surface area contributed by atoms with E-state index in [0.29, 0.717) is 18.1 Å². The third kappa shape index (κ3) is 16.5. The number of rotatable bonds is 12. The Balaban J connectivity index is -0.000000289. The van der Waals surface area contributed by atoms with E-state index in [1.807, 2.05) is 60.3 Å². The lowest BCUT2D eigenvalue weighted by molar-refractivity contribution is -0.0980. The maximum absolute atomic E-state index is 10.2. The maximum Gasteiger partial charge on any atom is 0.135 e. The largest absolute Gasteiger partial charge is 0.400 e. The average molecular weight is 610 g/mol. The monoisotopic (exact) mass is 610 g/mol. The van der Waals surface area contributed by atoms with E-state index in [-0.39, 0.29) is 0 Å². The molecular formula is C36H71N3O4. The summed E-state index contributed by atoms with van der Waals surface area (Å²) >= 11 is 0. The van der Waals surface area contributed by atoms with Crippen molar-refractivity contribution < 1.29 is 19.7 Å². The number of hydrogen-bond donors (Lipinski definition) is 2. The van der Waals surface area contributed by atoms with Crippen molar-refractivity contribution in [2.75, 3.05) is 40.5 Å². The van der Waals surface area contributed by atoms with E-state index in [4.69, 9.17) is 14.6 Å². The quantitative estimate of drug-likeness (QED) is 0.172. The lowest BCUT2D eigenvalue weighted by atomic mass is 9.87. The summed E-state index contributed by atoms with van der Waals surface area (Å²) in [5.74, 6) is 0.725. The van der Waals surface area contributed by atoms with Crippen molar-refractivity contribution >= 4 is 13.5 Å². The molecule has 3 atom stereocenters. The summed E-state index contributed by atoms with van der Waals surface area (Å²) in [5, 5.41) is 17.2. The Morgan fingerprint density at radius 3 is 2.02 bits per heavy atom. The van der Waals surface area contributed by atoms with Gasteiger partial charge in [0.2, 0.25) is 0 Å². The molecule has 2 N–H and O–H groups in total. The van der Waals surface area contributed by atoms with Crippen molar-refractivity contribution in [3.63, 3.8) is 0 Å². The molecule has 1 unspecified atom stereocenters. The molecule has 0 bridgehead atoms. The second kappa shape index (κ2) is 28.7. The number of aliphatic hydroxyl groups excluding tert-OH is 1. The van der Waals surface area contributed by atoms with Crippen LogP contribution < -0.4 is 0 Å². The smallest absolute Gasteiger partial charge is 0.135 e. The Morgan fingerprint density at radius 1 is 1.09 bits per heavy atom. The van der Waals surface area contributed by atoms with Gasteiger partial charge in [0, 0.05) is 44.5 Å². The summed E-state index contributed by atoms with van der Waals surface area (Å²) in [6.07, 6.45) is 11.5. The first-order chi connectivity index (χ1) is 20.6. The molecule has 2 saturated heterocycles. The molecule has 2 heterocycles. The fourth-order valence-corrected chi connectivity index (χ4v) is 5.75. The summed E-state index contributed by atoms with van der Waals surface area (Å²) in [7, 11) is 2.83. The van der Waals surface area contributed by atoms with Gasteiger partial charge in [0.1, 0.15) is 12.6 Å². The molecule has 0 aromatic carbocycles. The van der Waals surface area contributed by atoms with Crippen LogP contribution in [0.15, 0.2) is 53.3 Å². The summed E-state index contributed by atoms with van der Waals surface area (Å²) in [5.41, 5.74) is 2.31. The highest BCUT2D eigenvalue weighted by Crippen LogP contribution is 2.40. The molecule has 2 fully saturated rings. The van der Waals surface area contributed by atoms with Gasteiger partial charge in [-0.2, -0.15) is 0 Å². The molecule has 2 rings (SSSR count). The second-order valence-corrected chi connectivity index (χ2v) is 10.5. The minimum Gasteiger partial charge on any atom is -0.400 e. The van der Waals surface area contributed by atoms with Gasteiger partial charge >= 0.3 is 0 Å². The van der Waals surface area contributed by atoms with Crippen LogP contribution in [0.3, 0.4) is 0 Å². The van der Waals surface area contributed by atoms with E-state index in [1.165, 1.54) is 45.1 Å². The van der Waals surface area contributed by atoms with E-state index in [0.717, 1.165) is 55.6 Å². The minimum atomic E-state index is -0.689. The zero-order valence-electron chi connectivity index (χ0n) is 30.2. The average Bonchev–Trinajstić information content (AvgIpc) is 3.39. The molecule has 7 nitrogen and oxygen atoms in total. The van der Waals surface area contributed by atoms with Crippen LogP contribution in [0.4, 0.5) is 0 Å². The first-order valence-corrected chi connectivity index (χ1v) is 16.2. The Labute approximate surface area is 267 Å². The van der Waals surface area contributed by atoms with E-state index in [2.05, 4.69) is 57.1 Å². The van der Waals surface area contributed by atoms with Gasteiger partial charge in [-0.3, -0.25) is 4.90 Å². The minimum absolute atomic E-state index is 0.480. The summed E-state index contributed by atoms with van der Waals surface area (Å²) < 4.78 is 5.36. The van der Waals surface area contributed by atoms with Crippen LogP contribution in [0.25, 0.3) is 0 Å². The van der Waals surface area contributed by atoms with Gasteiger partial charge in [-0.1, -0.05) is 92.7 Å². The van der Waals surface area contributed by atoms with Crippen LogP contribution in [0, 0.1) is 0 Å². The third-order valence-electron chi connectivity index (χ3n) is 7.76. The van der Waals surface area contributed by atoms with Crippen molar-refractivity contribution in [1.82, 2.24) is 9.80 Å². The number of β-amino-alcohol motifs (C(OH)–C–C–N with tert-alkyl or cyclic N) is 1. The van der Waals surface area contributed by atoms with E-state index in [1.54, 1.807) is 6.08 Å². The number of ether oxygens (including phenoxy) is 1. The van der Waals surface area contributed by atoms with E-state index in [9.17, 15) is 5.11 Å². The number of carbonyl (C=O) groups is 1. The van der Waals surface area contributed by atoms with Crippen molar-refractivity contribution in [3.05, 3.63) is 48.4 Å². The van der Waals surface area contributed by atoms with Crippen LogP contribution in [-0.4, -0.2) is 91.2 Å². The van der Waals surface area contributed by atoms with Gasteiger partial charge < -0.3 is 24.6 Å². The van der Waals surface area contributed by atoms with Crippen molar-refractivity contribution in [1.29, 1.82) is 0 Å². The highest BCUT2D eigenvalue weighted by atomic mass is 16.5. The Kier molecular flexibility index (Phi) is 31.9. The fourth-order valence-electron chi connectivity index (χ4n) is 5.75. The molecule has 7 heteroatoms. The predicted molar refractivity (Wildman–Crippen MR) is 190 cm³/mol. The highest BCUT2D eigenvalue weighted by Gasteiger charge is 2.43. The van der Waals surface area contributed by atoms with Gasteiger partial charge in [0.15, 0.2) is 0 Å². The maximum atomic E-state index is 10.2. The number of likely N-dealkylation sites (tertiary alicyclic amines) is 2. The van der Waals surface area contributed by atoms with Crippen LogP contribution in [0.2, 0.25) is 0 Å². The molecule has 254 valence electrons. The normalized spacial score (nSPS) is 22.9. The van der Waals surface area contributed by atoms with Crippen LogP contribution in [-0.2, 0) is 9.53 Å². The number of hydrogen-bond acceptors (Lipinski definition) is 7. The summed E-state index contributed by atoms with van der Waals surface area (Å²) in [6.45, 7) is 39.6. The van der Waals surface area contributed by atoms with Crippen LogP contribution in [0.1, 0.15) is 114 Å². The number of likely N-dealkylation sites (N-methyl/N-ethyl adjacent to an activating group) is 1. The van der Waals surface area contributed by atoms with Crippen molar-refractivity contribution in [3.8, 4) is 0 Å². The molecule has 0 spiro atoms. The molecular weight excluding hydrogens is 538 g/mol. The molecule has 0 aromatic heterocycles. The number of unbranched alkanes of at least 4 members (excludes halogenated alkanes) is 1. The molecule has 0 aliphatic carbocycles. The number of carbonyl (C=O) groups excluding carboxylic acids is 1. The third-order valence-corrected chi connectivity index (χ3v) is 7.76. The lowest BCUT2D eigenvalue weighted by Gasteiger charge is -2.40. The van der Waals surface area contributed by atoms with Crippen LogP contribution in [0.5, 0.6) is 0 Å². The molecule has 0 saturated carbocycles. The highest BCUT2D eigenvalue weighted by molar-refractivity contribution is 5.51. The number of methoxy groups -OCH3 is 1. The molecule has 0 radical (unpaired) electrons.